The van der Waals surface area contributed by atoms with Crippen LogP contribution in [0.25, 0.3) is 0 Å². The molecule has 1 unspecified atom stereocenters. The minimum Gasteiger partial charge on any atom is -0.330 e. The average Bonchev–Trinajstić information content (AvgIpc) is 2.25. The highest BCUT2D eigenvalue weighted by atomic mass is 31.2. The Morgan fingerprint density at radius 3 is 2.60 bits per heavy atom. The summed E-state index contributed by atoms with van der Waals surface area (Å²) in [6.45, 7) is 2.65. The first-order valence-electron chi connectivity index (χ1n) is 5.09. The van der Waals surface area contributed by atoms with Gasteiger partial charge in [-0.25, -0.2) is 0 Å². The molecular weight excluding hydrogens is 209 g/mol. The van der Waals surface area contributed by atoms with Crippen molar-refractivity contribution in [3.05, 3.63) is 35.9 Å². The standard InChI is InChI=1S/C11H18NO2P/c1-15(13,9-5-8-12)14-10-11-6-3-2-4-7-11/h2-4,6-7H,5,8-10,12H2,1H3. The van der Waals surface area contributed by atoms with Crippen molar-refractivity contribution in [1.82, 2.24) is 0 Å². The third-order valence-corrected chi connectivity index (χ3v) is 3.92. The number of hydrogen-bond donors (Lipinski definition) is 1. The third kappa shape index (κ3) is 5.12. The van der Waals surface area contributed by atoms with E-state index in [9.17, 15) is 4.57 Å². The molecule has 0 fully saturated rings. The van der Waals surface area contributed by atoms with E-state index in [2.05, 4.69) is 0 Å². The second-order valence-electron chi connectivity index (χ2n) is 3.64. The Bertz CT molecular complexity index is 327. The highest BCUT2D eigenvalue weighted by molar-refractivity contribution is 7.58. The Morgan fingerprint density at radius 2 is 2.00 bits per heavy atom. The van der Waals surface area contributed by atoms with Crippen LogP contribution in [0.15, 0.2) is 30.3 Å². The lowest BCUT2D eigenvalue weighted by Gasteiger charge is -2.13. The lowest BCUT2D eigenvalue weighted by atomic mass is 10.2. The normalized spacial score (nSPS) is 14.8. The minimum atomic E-state index is -2.45. The van der Waals surface area contributed by atoms with E-state index in [1.807, 2.05) is 30.3 Å². The van der Waals surface area contributed by atoms with Gasteiger partial charge in [-0.3, -0.25) is 4.57 Å². The van der Waals surface area contributed by atoms with Crippen LogP contribution in [0.5, 0.6) is 0 Å². The van der Waals surface area contributed by atoms with Gasteiger partial charge in [-0.15, -0.1) is 0 Å². The molecule has 2 N–H and O–H groups in total. The lowest BCUT2D eigenvalue weighted by molar-refractivity contribution is 0.306. The molecule has 0 heterocycles. The summed E-state index contributed by atoms with van der Waals surface area (Å²) in [5.74, 6) is 0. The van der Waals surface area contributed by atoms with Crippen molar-refractivity contribution in [3.63, 3.8) is 0 Å². The predicted molar refractivity (Wildman–Crippen MR) is 63.3 cm³/mol. The summed E-state index contributed by atoms with van der Waals surface area (Å²) >= 11 is 0. The van der Waals surface area contributed by atoms with E-state index < -0.39 is 7.37 Å². The summed E-state index contributed by atoms with van der Waals surface area (Å²) in [5.41, 5.74) is 6.41. The Hall–Kier alpha value is -0.630. The van der Waals surface area contributed by atoms with Crippen molar-refractivity contribution in [2.75, 3.05) is 19.4 Å². The zero-order valence-corrected chi connectivity index (χ0v) is 9.95. The van der Waals surface area contributed by atoms with Gasteiger partial charge >= 0.3 is 0 Å². The maximum atomic E-state index is 11.9. The van der Waals surface area contributed by atoms with Gasteiger partial charge in [0, 0.05) is 12.8 Å². The van der Waals surface area contributed by atoms with Crippen molar-refractivity contribution >= 4 is 7.37 Å². The van der Waals surface area contributed by atoms with Gasteiger partial charge in [-0.1, -0.05) is 30.3 Å². The van der Waals surface area contributed by atoms with E-state index in [-0.39, 0.29) is 0 Å². The van der Waals surface area contributed by atoms with Gasteiger partial charge in [0.25, 0.3) is 0 Å². The Morgan fingerprint density at radius 1 is 1.33 bits per heavy atom. The average molecular weight is 227 g/mol. The van der Waals surface area contributed by atoms with Gasteiger partial charge in [-0.2, -0.15) is 0 Å². The molecule has 1 aromatic carbocycles. The van der Waals surface area contributed by atoms with E-state index >= 15 is 0 Å². The molecule has 1 aromatic rings. The van der Waals surface area contributed by atoms with Gasteiger partial charge in [0.2, 0.25) is 7.37 Å². The van der Waals surface area contributed by atoms with Crippen LogP contribution in [0, 0.1) is 0 Å². The molecule has 0 aliphatic heterocycles. The fourth-order valence-electron chi connectivity index (χ4n) is 1.23. The summed E-state index contributed by atoms with van der Waals surface area (Å²) in [4.78, 5) is 0. The Kier molecular flexibility index (Phi) is 5.03. The fourth-order valence-corrected chi connectivity index (χ4v) is 2.54. The monoisotopic (exact) mass is 227 g/mol. The van der Waals surface area contributed by atoms with E-state index in [1.165, 1.54) is 0 Å². The van der Waals surface area contributed by atoms with Crippen LogP contribution in [0.4, 0.5) is 0 Å². The van der Waals surface area contributed by atoms with Crippen molar-refractivity contribution in [2.45, 2.75) is 13.0 Å². The maximum absolute atomic E-state index is 11.9. The van der Waals surface area contributed by atoms with Crippen molar-refractivity contribution in [3.8, 4) is 0 Å². The highest BCUT2D eigenvalue weighted by Crippen LogP contribution is 2.43. The van der Waals surface area contributed by atoms with Crippen LogP contribution < -0.4 is 5.73 Å². The first kappa shape index (κ1) is 12.4. The van der Waals surface area contributed by atoms with Crippen LogP contribution in [0.2, 0.25) is 0 Å². The van der Waals surface area contributed by atoms with Crippen molar-refractivity contribution < 1.29 is 9.09 Å². The molecule has 4 heteroatoms. The summed E-state index contributed by atoms with van der Waals surface area (Å²) in [7, 11) is -2.45. The second kappa shape index (κ2) is 6.06. The molecule has 0 aromatic heterocycles. The molecule has 0 saturated carbocycles. The predicted octanol–water partition coefficient (Wildman–Crippen LogP) is 2.46. The molecule has 0 spiro atoms. The maximum Gasteiger partial charge on any atom is 0.200 e. The molecule has 0 amide bonds. The van der Waals surface area contributed by atoms with Gasteiger partial charge in [0.15, 0.2) is 0 Å². The quantitative estimate of drug-likeness (QED) is 0.759. The van der Waals surface area contributed by atoms with Crippen molar-refractivity contribution in [1.29, 1.82) is 0 Å². The summed E-state index contributed by atoms with van der Waals surface area (Å²) in [6, 6.07) is 9.76. The largest absolute Gasteiger partial charge is 0.330 e. The van der Waals surface area contributed by atoms with Crippen LogP contribution in [0.3, 0.4) is 0 Å². The summed E-state index contributed by atoms with van der Waals surface area (Å²) in [5, 5.41) is 0. The number of hydrogen-bond acceptors (Lipinski definition) is 3. The summed E-state index contributed by atoms with van der Waals surface area (Å²) in [6.07, 6.45) is 1.32. The zero-order valence-electron chi connectivity index (χ0n) is 9.06. The fraction of sp³-hybridized carbons (Fsp3) is 0.455. The first-order valence-corrected chi connectivity index (χ1v) is 7.35. The van der Waals surface area contributed by atoms with E-state index in [0.717, 1.165) is 12.0 Å². The molecule has 0 bridgehead atoms. The topological polar surface area (TPSA) is 52.3 Å². The lowest BCUT2D eigenvalue weighted by Crippen LogP contribution is -2.03. The molecule has 15 heavy (non-hydrogen) atoms. The van der Waals surface area contributed by atoms with Gasteiger partial charge in [0.05, 0.1) is 6.61 Å². The number of benzene rings is 1. The highest BCUT2D eigenvalue weighted by Gasteiger charge is 2.14. The molecule has 84 valence electrons. The SMILES string of the molecule is CP(=O)(CCCN)OCc1ccccc1. The van der Waals surface area contributed by atoms with Crippen LogP contribution in [-0.2, 0) is 15.7 Å². The van der Waals surface area contributed by atoms with E-state index in [4.69, 9.17) is 10.3 Å². The smallest absolute Gasteiger partial charge is 0.200 e. The molecule has 1 atom stereocenters. The van der Waals surface area contributed by atoms with E-state index in [1.54, 1.807) is 6.66 Å². The second-order valence-corrected chi connectivity index (χ2v) is 6.37. The molecule has 3 nitrogen and oxygen atoms in total. The van der Waals surface area contributed by atoms with Crippen LogP contribution in [-0.4, -0.2) is 19.4 Å². The Balaban J connectivity index is 2.39. The van der Waals surface area contributed by atoms with Crippen LogP contribution >= 0.6 is 7.37 Å². The molecule has 0 radical (unpaired) electrons. The van der Waals surface area contributed by atoms with Crippen molar-refractivity contribution in [2.24, 2.45) is 5.73 Å². The minimum absolute atomic E-state index is 0.416. The third-order valence-electron chi connectivity index (χ3n) is 2.12. The molecule has 0 saturated heterocycles. The van der Waals surface area contributed by atoms with E-state index in [0.29, 0.717) is 19.3 Å². The number of rotatable bonds is 6. The van der Waals surface area contributed by atoms with Gasteiger partial charge in [-0.05, 0) is 18.5 Å². The molecule has 0 aliphatic rings. The summed E-state index contributed by atoms with van der Waals surface area (Å²) < 4.78 is 17.3. The molecule has 1 rings (SSSR count). The Labute approximate surface area is 91.1 Å². The molecule has 0 aliphatic carbocycles. The van der Waals surface area contributed by atoms with Crippen LogP contribution in [0.1, 0.15) is 12.0 Å². The zero-order chi connectivity index (χ0) is 11.1. The molecular formula is C11H18NO2P. The first-order chi connectivity index (χ1) is 7.14. The van der Waals surface area contributed by atoms with Gasteiger partial charge < -0.3 is 10.3 Å². The van der Waals surface area contributed by atoms with Gasteiger partial charge in [0.1, 0.15) is 0 Å². The number of nitrogens with two attached hydrogens (primary N) is 1.